The number of fused-ring (bicyclic) bond motifs is 2. The lowest BCUT2D eigenvalue weighted by atomic mass is 9.87. The van der Waals surface area contributed by atoms with Gasteiger partial charge >= 0.3 is 5.79 Å². The Morgan fingerprint density at radius 2 is 1.56 bits per heavy atom. The Balaban J connectivity index is 1.12. The maximum Gasteiger partial charge on any atom is 0.302 e. The normalized spacial score (nSPS) is 26.8. The van der Waals surface area contributed by atoms with Gasteiger partial charge in [0.15, 0.2) is 11.5 Å². The van der Waals surface area contributed by atoms with E-state index in [-0.39, 0.29) is 0 Å². The summed E-state index contributed by atoms with van der Waals surface area (Å²) in [6.45, 7) is 6.29. The molecule has 3 atom stereocenters. The molecule has 4 aliphatic rings. The van der Waals surface area contributed by atoms with Crippen LogP contribution in [-0.4, -0.2) is 30.5 Å². The zero-order valence-corrected chi connectivity index (χ0v) is 21.3. The molecule has 0 bridgehead atoms. The first-order valence-corrected chi connectivity index (χ1v) is 13.7. The van der Waals surface area contributed by atoms with Crippen molar-refractivity contribution in [2.24, 2.45) is 11.8 Å². The molecule has 2 heterocycles. The van der Waals surface area contributed by atoms with Crippen LogP contribution < -0.4 is 14.4 Å². The summed E-state index contributed by atoms with van der Waals surface area (Å²) in [6, 6.07) is 27.6. The van der Waals surface area contributed by atoms with Crippen LogP contribution in [0.1, 0.15) is 18.9 Å². The number of benzene rings is 3. The predicted octanol–water partition coefficient (Wildman–Crippen LogP) is 6.66. The van der Waals surface area contributed by atoms with Crippen molar-refractivity contribution < 1.29 is 9.47 Å². The van der Waals surface area contributed by atoms with Gasteiger partial charge in [-0.3, -0.25) is 0 Å². The van der Waals surface area contributed by atoms with Gasteiger partial charge in [-0.25, -0.2) is 4.31 Å². The summed E-state index contributed by atoms with van der Waals surface area (Å²) in [5.74, 6) is 1.88. The minimum atomic E-state index is -0.886. The largest absolute Gasteiger partial charge is 0.441 e. The lowest BCUT2D eigenvalue weighted by Crippen LogP contribution is -2.43. The van der Waals surface area contributed by atoms with Gasteiger partial charge in [0.1, 0.15) is 0 Å². The van der Waals surface area contributed by atoms with E-state index < -0.39 is 5.79 Å². The van der Waals surface area contributed by atoms with Crippen molar-refractivity contribution in [2.45, 2.75) is 24.0 Å². The van der Waals surface area contributed by atoms with E-state index in [4.69, 9.17) is 9.47 Å². The van der Waals surface area contributed by atoms with Gasteiger partial charge in [-0.1, -0.05) is 60.7 Å². The van der Waals surface area contributed by atoms with Gasteiger partial charge in [0.05, 0.1) is 0 Å². The average molecular weight is 495 g/mol. The molecule has 3 unspecified atom stereocenters. The van der Waals surface area contributed by atoms with Gasteiger partial charge in [0.2, 0.25) is 0 Å². The Bertz CT molecular complexity index is 1330. The third-order valence-electron chi connectivity index (χ3n) is 7.75. The SMILES string of the molecule is CC1=C(C2(c3ccccc3)Oc3ccc(SN4CCN(c5ccccc5)CC4)cc3O2)C2CC2C=C1. The first-order chi connectivity index (χ1) is 17.7. The molecule has 2 fully saturated rings. The molecular formula is C31H30N2O2S. The van der Waals surface area contributed by atoms with Gasteiger partial charge in [0.25, 0.3) is 0 Å². The van der Waals surface area contributed by atoms with Crippen molar-refractivity contribution in [3.05, 3.63) is 108 Å². The molecular weight excluding hydrogens is 464 g/mol. The number of hydrogen-bond acceptors (Lipinski definition) is 5. The summed E-state index contributed by atoms with van der Waals surface area (Å²) < 4.78 is 16.0. The number of nitrogens with zero attached hydrogens (tertiary/aromatic N) is 2. The molecule has 3 aromatic carbocycles. The summed E-state index contributed by atoms with van der Waals surface area (Å²) in [5.41, 5.74) is 4.91. The fraction of sp³-hybridized carbons (Fsp3) is 0.290. The number of rotatable bonds is 5. The van der Waals surface area contributed by atoms with Crippen LogP contribution in [0.25, 0.3) is 0 Å². The first-order valence-electron chi connectivity index (χ1n) is 12.9. The molecule has 0 N–H and O–H groups in total. The molecule has 5 heteroatoms. The molecule has 0 radical (unpaired) electrons. The Kier molecular flexibility index (Phi) is 5.37. The van der Waals surface area contributed by atoms with Crippen molar-refractivity contribution in [2.75, 3.05) is 31.1 Å². The minimum Gasteiger partial charge on any atom is -0.441 e. The Morgan fingerprint density at radius 1 is 0.833 bits per heavy atom. The number of para-hydroxylation sites is 1. The van der Waals surface area contributed by atoms with E-state index in [1.165, 1.54) is 28.1 Å². The Labute approximate surface area is 217 Å². The van der Waals surface area contributed by atoms with Crippen LogP contribution in [0.3, 0.4) is 0 Å². The lowest BCUT2D eigenvalue weighted by molar-refractivity contribution is -0.0554. The summed E-state index contributed by atoms with van der Waals surface area (Å²) in [7, 11) is 0. The van der Waals surface area contributed by atoms with Crippen LogP contribution in [0.15, 0.2) is 107 Å². The van der Waals surface area contributed by atoms with E-state index in [0.29, 0.717) is 11.8 Å². The quantitative estimate of drug-likeness (QED) is 0.369. The molecule has 36 heavy (non-hydrogen) atoms. The van der Waals surface area contributed by atoms with E-state index in [1.807, 2.05) is 18.0 Å². The van der Waals surface area contributed by atoms with Gasteiger partial charge in [-0.05, 0) is 73.0 Å². The molecule has 7 rings (SSSR count). The highest BCUT2D eigenvalue weighted by Gasteiger charge is 2.56. The lowest BCUT2D eigenvalue weighted by Gasteiger charge is -2.35. The standard InChI is InChI=1S/C31H30N2O2S/c1-22-12-13-23-20-27(23)30(22)31(24-8-4-2-5-9-24)34-28-15-14-26(21-29(28)35-31)36-33-18-16-32(17-19-33)25-10-6-3-7-11-25/h2-15,21,23,27H,16-20H2,1H3. The van der Waals surface area contributed by atoms with E-state index >= 15 is 0 Å². The second-order valence-electron chi connectivity index (χ2n) is 10.1. The fourth-order valence-electron chi connectivity index (χ4n) is 5.82. The van der Waals surface area contributed by atoms with Crippen molar-refractivity contribution in [1.82, 2.24) is 4.31 Å². The highest BCUT2D eigenvalue weighted by atomic mass is 32.2. The number of ether oxygens (including phenoxy) is 2. The molecule has 0 aromatic heterocycles. The molecule has 2 aliphatic heterocycles. The van der Waals surface area contributed by atoms with Crippen LogP contribution >= 0.6 is 11.9 Å². The summed E-state index contributed by atoms with van der Waals surface area (Å²) >= 11 is 1.82. The van der Waals surface area contributed by atoms with Crippen molar-refractivity contribution >= 4 is 17.6 Å². The van der Waals surface area contributed by atoms with E-state index in [0.717, 1.165) is 43.2 Å². The molecule has 1 saturated carbocycles. The van der Waals surface area contributed by atoms with Crippen molar-refractivity contribution in [1.29, 1.82) is 0 Å². The predicted molar refractivity (Wildman–Crippen MR) is 145 cm³/mol. The molecule has 3 aromatic rings. The van der Waals surface area contributed by atoms with Crippen LogP contribution in [-0.2, 0) is 5.79 Å². The number of hydrogen-bond donors (Lipinski definition) is 0. The fourth-order valence-corrected chi connectivity index (χ4v) is 6.75. The number of anilines is 1. The Hall–Kier alpha value is -3.15. The van der Waals surface area contributed by atoms with Gasteiger partial charge in [0, 0.05) is 47.9 Å². The summed E-state index contributed by atoms with van der Waals surface area (Å²) in [4.78, 5) is 3.65. The van der Waals surface area contributed by atoms with E-state index in [9.17, 15) is 0 Å². The first kappa shape index (κ1) is 22.1. The summed E-state index contributed by atoms with van der Waals surface area (Å²) in [5, 5.41) is 0. The zero-order valence-electron chi connectivity index (χ0n) is 20.5. The average Bonchev–Trinajstić information content (AvgIpc) is 3.61. The maximum atomic E-state index is 6.84. The highest BCUT2D eigenvalue weighted by molar-refractivity contribution is 7.97. The van der Waals surface area contributed by atoms with E-state index in [1.54, 1.807) is 0 Å². The van der Waals surface area contributed by atoms with Crippen LogP contribution in [0.2, 0.25) is 0 Å². The van der Waals surface area contributed by atoms with Gasteiger partial charge in [-0.15, -0.1) is 0 Å². The number of piperazine rings is 1. The molecule has 4 nitrogen and oxygen atoms in total. The second-order valence-corrected chi connectivity index (χ2v) is 11.3. The monoisotopic (exact) mass is 494 g/mol. The van der Waals surface area contributed by atoms with Crippen LogP contribution in [0.4, 0.5) is 5.69 Å². The van der Waals surface area contributed by atoms with Crippen LogP contribution in [0, 0.1) is 11.8 Å². The topological polar surface area (TPSA) is 24.9 Å². The van der Waals surface area contributed by atoms with Crippen molar-refractivity contribution in [3.8, 4) is 11.5 Å². The second kappa shape index (κ2) is 8.75. The molecule has 2 aliphatic carbocycles. The van der Waals surface area contributed by atoms with Crippen LogP contribution in [0.5, 0.6) is 11.5 Å². The molecule has 1 saturated heterocycles. The molecule has 0 amide bonds. The molecule has 182 valence electrons. The third kappa shape index (κ3) is 3.82. The van der Waals surface area contributed by atoms with Gasteiger partial charge in [-0.2, -0.15) is 0 Å². The van der Waals surface area contributed by atoms with Gasteiger partial charge < -0.3 is 14.4 Å². The van der Waals surface area contributed by atoms with Crippen molar-refractivity contribution in [3.63, 3.8) is 0 Å². The summed E-state index contributed by atoms with van der Waals surface area (Å²) in [6.07, 6.45) is 5.77. The Morgan fingerprint density at radius 3 is 2.33 bits per heavy atom. The maximum absolute atomic E-state index is 6.84. The minimum absolute atomic E-state index is 0.499. The molecule has 0 spiro atoms. The number of allylic oxidation sites excluding steroid dienone is 3. The zero-order chi connectivity index (χ0) is 24.1. The smallest absolute Gasteiger partial charge is 0.302 e. The highest BCUT2D eigenvalue weighted by Crippen LogP contribution is 2.59. The van der Waals surface area contributed by atoms with E-state index in [2.05, 4.69) is 101 Å². The third-order valence-corrected chi connectivity index (χ3v) is 8.84.